The summed E-state index contributed by atoms with van der Waals surface area (Å²) in [6.07, 6.45) is -4.65. The minimum atomic E-state index is -4.65. The maximum atomic E-state index is 13.0. The molecule has 0 aliphatic heterocycles. The minimum absolute atomic E-state index is 0.0990. The van der Waals surface area contributed by atoms with Gasteiger partial charge >= 0.3 is 6.18 Å². The molecule has 9 heteroatoms. The summed E-state index contributed by atoms with van der Waals surface area (Å²) in [4.78, 5) is 11.7. The highest BCUT2D eigenvalue weighted by Gasteiger charge is 2.35. The summed E-state index contributed by atoms with van der Waals surface area (Å²) in [6, 6.07) is 3.13. The standard InChI is InChI=1S/C12H8F5N3O/c1-20-10(12(15,16)17)5-9(19-20)11(21)18-6-2-3-7(13)8(14)4-6/h2-5H,1H3,(H,18,21). The predicted molar refractivity (Wildman–Crippen MR) is 62.5 cm³/mol. The zero-order valence-corrected chi connectivity index (χ0v) is 10.5. The van der Waals surface area contributed by atoms with Crippen LogP contribution < -0.4 is 5.32 Å². The first-order valence-electron chi connectivity index (χ1n) is 5.56. The SMILES string of the molecule is Cn1nc(C(=O)Nc2ccc(F)c(F)c2)cc1C(F)(F)F. The molecule has 112 valence electrons. The number of hydrogen-bond donors (Lipinski definition) is 1. The number of aromatic nitrogens is 2. The Hall–Kier alpha value is -2.45. The third-order valence-corrected chi connectivity index (χ3v) is 2.58. The normalized spacial score (nSPS) is 11.5. The number of amides is 1. The van der Waals surface area contributed by atoms with E-state index < -0.39 is 35.1 Å². The first kappa shape index (κ1) is 14.9. The van der Waals surface area contributed by atoms with Gasteiger partial charge in [0.1, 0.15) is 5.69 Å². The van der Waals surface area contributed by atoms with Crippen molar-refractivity contribution in [1.29, 1.82) is 0 Å². The molecule has 0 atom stereocenters. The molecular weight excluding hydrogens is 297 g/mol. The van der Waals surface area contributed by atoms with Crippen molar-refractivity contribution in [2.24, 2.45) is 7.05 Å². The van der Waals surface area contributed by atoms with Crippen molar-refractivity contribution in [3.8, 4) is 0 Å². The first-order valence-corrected chi connectivity index (χ1v) is 5.56. The van der Waals surface area contributed by atoms with Crippen LogP contribution >= 0.6 is 0 Å². The quantitative estimate of drug-likeness (QED) is 0.867. The molecule has 1 aromatic carbocycles. The van der Waals surface area contributed by atoms with E-state index in [0.29, 0.717) is 16.8 Å². The fraction of sp³-hybridized carbons (Fsp3) is 0.167. The second-order valence-corrected chi connectivity index (χ2v) is 4.12. The van der Waals surface area contributed by atoms with Crippen molar-refractivity contribution in [1.82, 2.24) is 9.78 Å². The Bertz CT molecular complexity index is 693. The van der Waals surface area contributed by atoms with Gasteiger partial charge in [0.2, 0.25) is 0 Å². The topological polar surface area (TPSA) is 46.9 Å². The average Bonchev–Trinajstić information content (AvgIpc) is 2.76. The lowest BCUT2D eigenvalue weighted by Crippen LogP contribution is -2.13. The van der Waals surface area contributed by atoms with Gasteiger partial charge in [-0.2, -0.15) is 18.3 Å². The number of rotatable bonds is 2. The van der Waals surface area contributed by atoms with E-state index in [4.69, 9.17) is 0 Å². The molecule has 2 aromatic rings. The van der Waals surface area contributed by atoms with Crippen molar-refractivity contribution >= 4 is 11.6 Å². The van der Waals surface area contributed by atoms with Gasteiger partial charge in [-0.15, -0.1) is 0 Å². The third kappa shape index (κ3) is 3.18. The summed E-state index contributed by atoms with van der Waals surface area (Å²) < 4.78 is 63.9. The van der Waals surface area contributed by atoms with E-state index in [9.17, 15) is 26.7 Å². The summed E-state index contributed by atoms with van der Waals surface area (Å²) in [5, 5.41) is 5.56. The molecule has 0 fully saturated rings. The lowest BCUT2D eigenvalue weighted by molar-refractivity contribution is -0.143. The fourth-order valence-electron chi connectivity index (χ4n) is 1.61. The van der Waals surface area contributed by atoms with E-state index >= 15 is 0 Å². The van der Waals surface area contributed by atoms with Crippen LogP contribution in [-0.4, -0.2) is 15.7 Å². The monoisotopic (exact) mass is 305 g/mol. The molecule has 0 spiro atoms. The molecule has 21 heavy (non-hydrogen) atoms. The molecule has 0 saturated heterocycles. The van der Waals surface area contributed by atoms with Gasteiger partial charge in [-0.05, 0) is 12.1 Å². The highest BCUT2D eigenvalue weighted by molar-refractivity contribution is 6.02. The maximum Gasteiger partial charge on any atom is 0.433 e. The molecule has 0 unspecified atom stereocenters. The van der Waals surface area contributed by atoms with Crippen molar-refractivity contribution in [3.05, 3.63) is 47.3 Å². The third-order valence-electron chi connectivity index (χ3n) is 2.58. The summed E-state index contributed by atoms with van der Waals surface area (Å²) in [5.74, 6) is -3.26. The van der Waals surface area contributed by atoms with Crippen LogP contribution in [0.5, 0.6) is 0 Å². The van der Waals surface area contributed by atoms with E-state index in [1.54, 1.807) is 0 Å². The summed E-state index contributed by atoms with van der Waals surface area (Å²) in [6.45, 7) is 0. The molecule has 0 bridgehead atoms. The van der Waals surface area contributed by atoms with Crippen molar-refractivity contribution < 1.29 is 26.7 Å². The largest absolute Gasteiger partial charge is 0.433 e. The molecule has 1 N–H and O–H groups in total. The number of nitrogens with zero attached hydrogens (tertiary/aromatic N) is 2. The van der Waals surface area contributed by atoms with Crippen molar-refractivity contribution in [2.75, 3.05) is 5.32 Å². The van der Waals surface area contributed by atoms with Crippen LogP contribution in [0.15, 0.2) is 24.3 Å². The van der Waals surface area contributed by atoms with Crippen LogP contribution in [-0.2, 0) is 13.2 Å². The Kier molecular flexibility index (Phi) is 3.67. The van der Waals surface area contributed by atoms with Crippen LogP contribution in [0, 0.1) is 11.6 Å². The number of alkyl halides is 3. The van der Waals surface area contributed by atoms with Crippen LogP contribution in [0.1, 0.15) is 16.2 Å². The molecule has 0 aliphatic rings. The number of carbonyl (C=O) groups is 1. The van der Waals surface area contributed by atoms with Crippen molar-refractivity contribution in [3.63, 3.8) is 0 Å². The van der Waals surface area contributed by atoms with Gasteiger partial charge in [0.25, 0.3) is 5.91 Å². The smallest absolute Gasteiger partial charge is 0.320 e. The van der Waals surface area contributed by atoms with Gasteiger partial charge in [0.05, 0.1) is 0 Å². The number of halogens is 5. The van der Waals surface area contributed by atoms with Gasteiger partial charge < -0.3 is 5.32 Å². The Morgan fingerprint density at radius 2 is 1.86 bits per heavy atom. The van der Waals surface area contributed by atoms with Gasteiger partial charge in [-0.3, -0.25) is 9.48 Å². The molecular formula is C12H8F5N3O. The Balaban J connectivity index is 2.23. The lowest BCUT2D eigenvalue weighted by Gasteiger charge is -2.04. The van der Waals surface area contributed by atoms with E-state index in [1.165, 1.54) is 0 Å². The number of aryl methyl sites for hydroxylation is 1. The lowest BCUT2D eigenvalue weighted by atomic mass is 10.2. The van der Waals surface area contributed by atoms with E-state index in [0.717, 1.165) is 19.2 Å². The molecule has 0 saturated carbocycles. The molecule has 1 heterocycles. The Morgan fingerprint density at radius 1 is 1.19 bits per heavy atom. The van der Waals surface area contributed by atoms with Gasteiger partial charge in [-0.1, -0.05) is 0 Å². The Morgan fingerprint density at radius 3 is 2.38 bits per heavy atom. The predicted octanol–water partition coefficient (Wildman–Crippen LogP) is 2.97. The van der Waals surface area contributed by atoms with Crippen LogP contribution in [0.25, 0.3) is 0 Å². The first-order chi connectivity index (χ1) is 9.68. The second-order valence-electron chi connectivity index (χ2n) is 4.12. The molecule has 1 amide bonds. The second kappa shape index (κ2) is 5.15. The van der Waals surface area contributed by atoms with E-state index in [2.05, 4.69) is 10.4 Å². The van der Waals surface area contributed by atoms with Gasteiger partial charge in [0, 0.05) is 24.9 Å². The van der Waals surface area contributed by atoms with Crippen LogP contribution in [0.4, 0.5) is 27.6 Å². The zero-order chi connectivity index (χ0) is 15.8. The molecule has 0 aliphatic carbocycles. The number of benzene rings is 1. The highest BCUT2D eigenvalue weighted by Crippen LogP contribution is 2.29. The van der Waals surface area contributed by atoms with Gasteiger partial charge in [-0.25, -0.2) is 8.78 Å². The van der Waals surface area contributed by atoms with E-state index in [-0.39, 0.29) is 5.69 Å². The number of carbonyl (C=O) groups excluding carboxylic acids is 1. The molecule has 4 nitrogen and oxygen atoms in total. The molecule has 1 aromatic heterocycles. The summed E-state index contributed by atoms with van der Waals surface area (Å²) in [7, 11) is 1.04. The van der Waals surface area contributed by atoms with Gasteiger partial charge in [0.15, 0.2) is 17.3 Å². The summed E-state index contributed by atoms with van der Waals surface area (Å²) in [5.41, 5.74) is -1.69. The summed E-state index contributed by atoms with van der Waals surface area (Å²) >= 11 is 0. The molecule has 2 rings (SSSR count). The number of nitrogens with one attached hydrogen (secondary N) is 1. The number of anilines is 1. The minimum Gasteiger partial charge on any atom is -0.320 e. The number of hydrogen-bond acceptors (Lipinski definition) is 2. The zero-order valence-electron chi connectivity index (χ0n) is 10.5. The highest BCUT2D eigenvalue weighted by atomic mass is 19.4. The fourth-order valence-corrected chi connectivity index (χ4v) is 1.61. The average molecular weight is 305 g/mol. The maximum absolute atomic E-state index is 13.0. The Labute approximate surface area is 115 Å². The van der Waals surface area contributed by atoms with Crippen LogP contribution in [0.2, 0.25) is 0 Å². The molecule has 0 radical (unpaired) electrons. The van der Waals surface area contributed by atoms with E-state index in [1.807, 2.05) is 0 Å². The van der Waals surface area contributed by atoms with Crippen molar-refractivity contribution in [2.45, 2.75) is 6.18 Å². The van der Waals surface area contributed by atoms with Crippen LogP contribution in [0.3, 0.4) is 0 Å².